The Balaban J connectivity index is 2.07. The standard InChI is InChI=1S/C9H14N2O/c1-9(2)12-7-3-5-11-6-4-10-8-11/h4,6,8H,1,3,5,7H2,2H3. The lowest BCUT2D eigenvalue weighted by Gasteiger charge is -2.04. The van der Waals surface area contributed by atoms with Gasteiger partial charge in [0, 0.05) is 18.9 Å². The number of ether oxygens (including phenoxy) is 1. The number of imidazole rings is 1. The number of aromatic nitrogens is 2. The smallest absolute Gasteiger partial charge is 0.0945 e. The lowest BCUT2D eigenvalue weighted by atomic mass is 10.4. The van der Waals surface area contributed by atoms with Crippen LogP contribution in [0.1, 0.15) is 13.3 Å². The molecule has 0 saturated heterocycles. The predicted octanol–water partition coefficient (Wildman–Crippen LogP) is 1.82. The summed E-state index contributed by atoms with van der Waals surface area (Å²) in [5, 5.41) is 0. The second-order valence-electron chi connectivity index (χ2n) is 2.70. The summed E-state index contributed by atoms with van der Waals surface area (Å²) in [5.74, 6) is 0.778. The van der Waals surface area contributed by atoms with Gasteiger partial charge in [-0.3, -0.25) is 0 Å². The average Bonchev–Trinajstić information content (AvgIpc) is 2.49. The molecule has 1 rings (SSSR count). The van der Waals surface area contributed by atoms with E-state index in [2.05, 4.69) is 11.6 Å². The number of nitrogens with zero attached hydrogens (tertiary/aromatic N) is 2. The zero-order valence-corrected chi connectivity index (χ0v) is 7.36. The number of hydrogen-bond donors (Lipinski definition) is 0. The van der Waals surface area contributed by atoms with Crippen LogP contribution >= 0.6 is 0 Å². The normalized spacial score (nSPS) is 9.75. The van der Waals surface area contributed by atoms with Crippen LogP contribution in [0.4, 0.5) is 0 Å². The van der Waals surface area contributed by atoms with E-state index in [1.165, 1.54) is 0 Å². The van der Waals surface area contributed by atoms with Crippen molar-refractivity contribution in [1.29, 1.82) is 0 Å². The molecule has 0 spiro atoms. The molecule has 0 radical (unpaired) electrons. The zero-order chi connectivity index (χ0) is 8.81. The van der Waals surface area contributed by atoms with Gasteiger partial charge in [-0.1, -0.05) is 6.58 Å². The highest BCUT2D eigenvalue weighted by atomic mass is 16.5. The van der Waals surface area contributed by atoms with Crippen molar-refractivity contribution < 1.29 is 4.74 Å². The number of rotatable bonds is 5. The Morgan fingerprint density at radius 2 is 2.50 bits per heavy atom. The molecule has 0 atom stereocenters. The Kier molecular flexibility index (Phi) is 3.38. The van der Waals surface area contributed by atoms with Crippen molar-refractivity contribution in [3.8, 4) is 0 Å². The Labute approximate surface area is 72.7 Å². The first-order valence-corrected chi connectivity index (χ1v) is 4.03. The topological polar surface area (TPSA) is 27.1 Å². The molecule has 0 N–H and O–H groups in total. The van der Waals surface area contributed by atoms with Crippen LogP contribution in [0, 0.1) is 0 Å². The number of hydrogen-bond acceptors (Lipinski definition) is 2. The molecular formula is C9H14N2O. The van der Waals surface area contributed by atoms with Crippen molar-refractivity contribution >= 4 is 0 Å². The molecule has 1 aromatic heterocycles. The fourth-order valence-electron chi connectivity index (χ4n) is 0.913. The summed E-state index contributed by atoms with van der Waals surface area (Å²) in [6.45, 7) is 7.19. The van der Waals surface area contributed by atoms with Gasteiger partial charge < -0.3 is 9.30 Å². The predicted molar refractivity (Wildman–Crippen MR) is 47.6 cm³/mol. The number of allylic oxidation sites excluding steroid dienone is 1. The largest absolute Gasteiger partial charge is 0.499 e. The average molecular weight is 166 g/mol. The third kappa shape index (κ3) is 3.23. The van der Waals surface area contributed by atoms with Gasteiger partial charge in [-0.05, 0) is 13.3 Å². The van der Waals surface area contributed by atoms with Crippen LogP contribution in [-0.2, 0) is 11.3 Å². The lowest BCUT2D eigenvalue weighted by molar-refractivity contribution is 0.206. The minimum absolute atomic E-state index is 0.730. The van der Waals surface area contributed by atoms with Crippen molar-refractivity contribution in [3.05, 3.63) is 31.1 Å². The van der Waals surface area contributed by atoms with Crippen LogP contribution in [0.5, 0.6) is 0 Å². The summed E-state index contributed by atoms with van der Waals surface area (Å²) < 4.78 is 7.24. The van der Waals surface area contributed by atoms with Gasteiger partial charge in [0.15, 0.2) is 0 Å². The molecule has 0 aliphatic carbocycles. The van der Waals surface area contributed by atoms with Crippen molar-refractivity contribution in [2.45, 2.75) is 19.9 Å². The molecular weight excluding hydrogens is 152 g/mol. The van der Waals surface area contributed by atoms with E-state index in [-0.39, 0.29) is 0 Å². The summed E-state index contributed by atoms with van der Waals surface area (Å²) >= 11 is 0. The molecule has 0 fully saturated rings. The molecule has 66 valence electrons. The fourth-order valence-corrected chi connectivity index (χ4v) is 0.913. The maximum absolute atomic E-state index is 5.21. The molecule has 3 nitrogen and oxygen atoms in total. The van der Waals surface area contributed by atoms with Crippen molar-refractivity contribution in [1.82, 2.24) is 9.55 Å². The fraction of sp³-hybridized carbons (Fsp3) is 0.444. The summed E-state index contributed by atoms with van der Waals surface area (Å²) in [6.07, 6.45) is 6.52. The number of aryl methyl sites for hydroxylation is 1. The van der Waals surface area contributed by atoms with E-state index in [4.69, 9.17) is 4.74 Å². The Bertz CT molecular complexity index is 229. The summed E-state index contributed by atoms with van der Waals surface area (Å²) in [6, 6.07) is 0. The van der Waals surface area contributed by atoms with E-state index in [0.717, 1.165) is 25.3 Å². The third-order valence-corrected chi connectivity index (χ3v) is 1.47. The summed E-state index contributed by atoms with van der Waals surface area (Å²) in [4.78, 5) is 3.94. The van der Waals surface area contributed by atoms with E-state index in [0.29, 0.717) is 0 Å². The highest BCUT2D eigenvalue weighted by Gasteiger charge is 1.90. The van der Waals surface area contributed by atoms with E-state index in [9.17, 15) is 0 Å². The maximum atomic E-state index is 5.21. The molecule has 0 unspecified atom stereocenters. The maximum Gasteiger partial charge on any atom is 0.0945 e. The van der Waals surface area contributed by atoms with Crippen LogP contribution in [-0.4, -0.2) is 16.2 Å². The van der Waals surface area contributed by atoms with Crippen molar-refractivity contribution in [2.75, 3.05) is 6.61 Å². The van der Waals surface area contributed by atoms with Crippen LogP contribution < -0.4 is 0 Å². The van der Waals surface area contributed by atoms with Crippen LogP contribution in [0.25, 0.3) is 0 Å². The second kappa shape index (κ2) is 4.59. The quantitative estimate of drug-likeness (QED) is 0.493. The van der Waals surface area contributed by atoms with Gasteiger partial charge in [0.2, 0.25) is 0 Å². The third-order valence-electron chi connectivity index (χ3n) is 1.47. The van der Waals surface area contributed by atoms with Gasteiger partial charge in [-0.15, -0.1) is 0 Å². The minimum atomic E-state index is 0.730. The molecule has 0 bridgehead atoms. The molecule has 0 aliphatic heterocycles. The van der Waals surface area contributed by atoms with Gasteiger partial charge in [-0.2, -0.15) is 0 Å². The van der Waals surface area contributed by atoms with Gasteiger partial charge >= 0.3 is 0 Å². The van der Waals surface area contributed by atoms with Crippen molar-refractivity contribution in [3.63, 3.8) is 0 Å². The monoisotopic (exact) mass is 166 g/mol. The molecule has 0 aliphatic rings. The molecule has 0 aromatic carbocycles. The van der Waals surface area contributed by atoms with E-state index in [1.807, 2.05) is 17.7 Å². The van der Waals surface area contributed by atoms with E-state index >= 15 is 0 Å². The first-order chi connectivity index (χ1) is 5.79. The van der Waals surface area contributed by atoms with Gasteiger partial charge in [0.1, 0.15) is 0 Å². The minimum Gasteiger partial charge on any atom is -0.499 e. The molecule has 0 amide bonds. The van der Waals surface area contributed by atoms with Crippen molar-refractivity contribution in [2.24, 2.45) is 0 Å². The lowest BCUT2D eigenvalue weighted by Crippen LogP contribution is -1.99. The highest BCUT2D eigenvalue weighted by molar-refractivity contribution is 4.75. The van der Waals surface area contributed by atoms with Crippen LogP contribution in [0.3, 0.4) is 0 Å². The zero-order valence-electron chi connectivity index (χ0n) is 7.36. The van der Waals surface area contributed by atoms with Crippen LogP contribution in [0.2, 0.25) is 0 Å². The van der Waals surface area contributed by atoms with Gasteiger partial charge in [0.25, 0.3) is 0 Å². The van der Waals surface area contributed by atoms with Crippen LogP contribution in [0.15, 0.2) is 31.1 Å². The molecule has 1 aromatic rings. The SMILES string of the molecule is C=C(C)OCCCn1ccnc1. The summed E-state index contributed by atoms with van der Waals surface area (Å²) in [5.41, 5.74) is 0. The molecule has 1 heterocycles. The molecule has 3 heteroatoms. The Hall–Kier alpha value is -1.25. The molecule has 12 heavy (non-hydrogen) atoms. The Morgan fingerprint density at radius 1 is 1.67 bits per heavy atom. The highest BCUT2D eigenvalue weighted by Crippen LogP contribution is 1.95. The first kappa shape index (κ1) is 8.84. The van der Waals surface area contributed by atoms with Gasteiger partial charge in [0.05, 0.1) is 18.7 Å². The van der Waals surface area contributed by atoms with E-state index < -0.39 is 0 Å². The van der Waals surface area contributed by atoms with E-state index in [1.54, 1.807) is 12.5 Å². The molecule has 0 saturated carbocycles. The summed E-state index contributed by atoms with van der Waals surface area (Å²) in [7, 11) is 0. The second-order valence-corrected chi connectivity index (χ2v) is 2.70. The first-order valence-electron chi connectivity index (χ1n) is 4.03. The van der Waals surface area contributed by atoms with Gasteiger partial charge in [-0.25, -0.2) is 4.98 Å². The Morgan fingerprint density at radius 3 is 3.08 bits per heavy atom.